The normalized spacial score (nSPS) is 33.9. The predicted octanol–water partition coefficient (Wildman–Crippen LogP) is 4.20. The zero-order valence-electron chi connectivity index (χ0n) is 14.4. The molecule has 0 bridgehead atoms. The third-order valence-electron chi connectivity index (χ3n) is 6.65. The predicted molar refractivity (Wildman–Crippen MR) is 90.6 cm³/mol. The van der Waals surface area contributed by atoms with Gasteiger partial charge in [-0.25, -0.2) is 0 Å². The van der Waals surface area contributed by atoms with Gasteiger partial charge in [-0.05, 0) is 63.5 Å². The Kier molecular flexibility index (Phi) is 5.27. The van der Waals surface area contributed by atoms with Crippen LogP contribution in [0.4, 0.5) is 0 Å². The molecule has 2 heteroatoms. The lowest BCUT2D eigenvalue weighted by atomic mass is 9.73. The number of hydrogen-bond acceptors (Lipinski definition) is 2. The van der Waals surface area contributed by atoms with Gasteiger partial charge in [-0.1, -0.05) is 39.5 Å². The average molecular weight is 293 g/mol. The fraction of sp³-hybridized carbons (Fsp3) is 1.00. The topological polar surface area (TPSA) is 15.3 Å². The molecule has 0 atom stereocenters. The molecule has 2 aliphatic carbocycles. The summed E-state index contributed by atoms with van der Waals surface area (Å²) < 4.78 is 0. The number of rotatable bonds is 5. The lowest BCUT2D eigenvalue weighted by molar-refractivity contribution is 0.0250. The molecule has 3 rings (SSSR count). The lowest BCUT2D eigenvalue weighted by Crippen LogP contribution is -2.59. The molecule has 2 saturated carbocycles. The number of nitrogens with one attached hydrogen (secondary N) is 1. The number of hydrogen-bond donors (Lipinski definition) is 1. The van der Waals surface area contributed by atoms with Crippen molar-refractivity contribution in [3.63, 3.8) is 0 Å². The molecule has 0 unspecified atom stereocenters. The highest BCUT2D eigenvalue weighted by atomic mass is 15.2. The first-order valence-electron chi connectivity index (χ1n) is 9.68. The van der Waals surface area contributed by atoms with Gasteiger partial charge >= 0.3 is 0 Å². The van der Waals surface area contributed by atoms with Crippen LogP contribution < -0.4 is 5.32 Å². The zero-order chi connectivity index (χ0) is 14.7. The standard InChI is InChI=1S/C19H36N2/c1-16(2)17-13-18(14-17)20-15-19(9-5-3-6-10-19)21-11-7-4-8-12-21/h16-18,20H,3-15H2,1-2H3. The summed E-state index contributed by atoms with van der Waals surface area (Å²) in [5.41, 5.74) is 0.515. The van der Waals surface area contributed by atoms with Crippen molar-refractivity contribution in [2.45, 2.75) is 89.6 Å². The fourth-order valence-electron chi connectivity index (χ4n) is 4.89. The molecule has 1 aliphatic heterocycles. The molecule has 0 radical (unpaired) electrons. The summed E-state index contributed by atoms with van der Waals surface area (Å²) in [6.45, 7) is 8.76. The van der Waals surface area contributed by atoms with Crippen LogP contribution in [-0.2, 0) is 0 Å². The average Bonchev–Trinajstić information content (AvgIpc) is 2.47. The maximum Gasteiger partial charge on any atom is 0.0334 e. The second-order valence-corrected chi connectivity index (χ2v) is 8.39. The Morgan fingerprint density at radius 1 is 0.952 bits per heavy atom. The minimum atomic E-state index is 0.515. The van der Waals surface area contributed by atoms with Crippen LogP contribution in [0.1, 0.15) is 78.1 Å². The van der Waals surface area contributed by atoms with Crippen LogP contribution >= 0.6 is 0 Å². The van der Waals surface area contributed by atoms with Crippen molar-refractivity contribution in [2.75, 3.05) is 19.6 Å². The van der Waals surface area contributed by atoms with Gasteiger partial charge in [0.25, 0.3) is 0 Å². The summed E-state index contributed by atoms with van der Waals surface area (Å²) in [5, 5.41) is 3.97. The van der Waals surface area contributed by atoms with Gasteiger partial charge in [0.2, 0.25) is 0 Å². The van der Waals surface area contributed by atoms with Crippen molar-refractivity contribution in [3.8, 4) is 0 Å². The van der Waals surface area contributed by atoms with Crippen molar-refractivity contribution >= 4 is 0 Å². The Morgan fingerprint density at radius 3 is 2.19 bits per heavy atom. The van der Waals surface area contributed by atoms with E-state index in [-0.39, 0.29) is 0 Å². The van der Waals surface area contributed by atoms with Gasteiger partial charge in [-0.15, -0.1) is 0 Å². The van der Waals surface area contributed by atoms with Gasteiger partial charge in [-0.3, -0.25) is 4.90 Å². The summed E-state index contributed by atoms with van der Waals surface area (Å²) in [4.78, 5) is 2.88. The van der Waals surface area contributed by atoms with Crippen LogP contribution in [0.15, 0.2) is 0 Å². The van der Waals surface area contributed by atoms with Gasteiger partial charge in [0.1, 0.15) is 0 Å². The highest BCUT2D eigenvalue weighted by Crippen LogP contribution is 2.37. The molecular weight excluding hydrogens is 256 g/mol. The Balaban J connectivity index is 1.53. The summed E-state index contributed by atoms with van der Waals surface area (Å²) >= 11 is 0. The van der Waals surface area contributed by atoms with Crippen LogP contribution in [0.2, 0.25) is 0 Å². The molecule has 0 aromatic carbocycles. The van der Waals surface area contributed by atoms with Crippen LogP contribution in [0.5, 0.6) is 0 Å². The molecule has 1 N–H and O–H groups in total. The molecule has 0 amide bonds. The van der Waals surface area contributed by atoms with E-state index < -0.39 is 0 Å². The fourth-order valence-corrected chi connectivity index (χ4v) is 4.89. The first kappa shape index (κ1) is 15.8. The summed E-state index contributed by atoms with van der Waals surface area (Å²) in [6, 6.07) is 0.820. The van der Waals surface area contributed by atoms with E-state index in [1.165, 1.54) is 83.8 Å². The molecular formula is C19H36N2. The number of likely N-dealkylation sites (tertiary alicyclic amines) is 1. The van der Waals surface area contributed by atoms with Gasteiger partial charge in [0.15, 0.2) is 0 Å². The van der Waals surface area contributed by atoms with Crippen molar-refractivity contribution in [2.24, 2.45) is 11.8 Å². The Morgan fingerprint density at radius 2 is 1.57 bits per heavy atom. The van der Waals surface area contributed by atoms with E-state index in [9.17, 15) is 0 Å². The maximum absolute atomic E-state index is 3.97. The summed E-state index contributed by atoms with van der Waals surface area (Å²) in [6.07, 6.45) is 14.4. The summed E-state index contributed by atoms with van der Waals surface area (Å²) in [7, 11) is 0. The van der Waals surface area contributed by atoms with Crippen LogP contribution in [0, 0.1) is 11.8 Å². The third kappa shape index (κ3) is 3.64. The van der Waals surface area contributed by atoms with E-state index in [0.717, 1.165) is 17.9 Å². The molecule has 122 valence electrons. The number of piperidine rings is 1. The molecule has 0 spiro atoms. The van der Waals surface area contributed by atoms with Gasteiger partial charge in [0.05, 0.1) is 0 Å². The Bertz CT molecular complexity index is 308. The molecule has 3 aliphatic rings. The first-order valence-corrected chi connectivity index (χ1v) is 9.68. The van der Waals surface area contributed by atoms with Crippen molar-refractivity contribution in [1.82, 2.24) is 10.2 Å². The van der Waals surface area contributed by atoms with E-state index in [4.69, 9.17) is 0 Å². The molecule has 21 heavy (non-hydrogen) atoms. The smallest absolute Gasteiger partial charge is 0.0334 e. The van der Waals surface area contributed by atoms with E-state index >= 15 is 0 Å². The molecule has 3 fully saturated rings. The van der Waals surface area contributed by atoms with Gasteiger partial charge in [0, 0.05) is 18.1 Å². The quantitative estimate of drug-likeness (QED) is 0.817. The molecule has 0 aromatic heterocycles. The van der Waals surface area contributed by atoms with Gasteiger partial charge < -0.3 is 5.32 Å². The second kappa shape index (κ2) is 7.00. The minimum Gasteiger partial charge on any atom is -0.312 e. The van der Waals surface area contributed by atoms with E-state index in [1.807, 2.05) is 0 Å². The minimum absolute atomic E-state index is 0.515. The Labute approximate surface area is 132 Å². The lowest BCUT2D eigenvalue weighted by Gasteiger charge is -2.50. The van der Waals surface area contributed by atoms with Gasteiger partial charge in [-0.2, -0.15) is 0 Å². The van der Waals surface area contributed by atoms with Crippen LogP contribution in [0.3, 0.4) is 0 Å². The van der Waals surface area contributed by atoms with Crippen LogP contribution in [-0.4, -0.2) is 36.1 Å². The van der Waals surface area contributed by atoms with E-state index in [2.05, 4.69) is 24.1 Å². The maximum atomic E-state index is 3.97. The highest BCUT2D eigenvalue weighted by Gasteiger charge is 2.40. The zero-order valence-corrected chi connectivity index (χ0v) is 14.4. The molecule has 0 aromatic rings. The monoisotopic (exact) mass is 292 g/mol. The van der Waals surface area contributed by atoms with E-state index in [0.29, 0.717) is 5.54 Å². The summed E-state index contributed by atoms with van der Waals surface area (Å²) in [5.74, 6) is 1.87. The largest absolute Gasteiger partial charge is 0.312 e. The number of nitrogens with zero attached hydrogens (tertiary/aromatic N) is 1. The second-order valence-electron chi connectivity index (χ2n) is 8.39. The molecule has 1 saturated heterocycles. The molecule has 1 heterocycles. The first-order chi connectivity index (χ1) is 10.2. The van der Waals surface area contributed by atoms with Crippen molar-refractivity contribution in [3.05, 3.63) is 0 Å². The third-order valence-corrected chi connectivity index (χ3v) is 6.65. The SMILES string of the molecule is CC(C)C1CC(NCC2(N3CCCCC3)CCCCC2)C1. The van der Waals surface area contributed by atoms with Crippen molar-refractivity contribution < 1.29 is 0 Å². The van der Waals surface area contributed by atoms with Crippen molar-refractivity contribution in [1.29, 1.82) is 0 Å². The highest BCUT2D eigenvalue weighted by molar-refractivity contribution is 4.98. The van der Waals surface area contributed by atoms with Crippen LogP contribution in [0.25, 0.3) is 0 Å². The Hall–Kier alpha value is -0.0800. The van der Waals surface area contributed by atoms with E-state index in [1.54, 1.807) is 0 Å². The molecule has 2 nitrogen and oxygen atoms in total.